The zero-order valence-electron chi connectivity index (χ0n) is 11.9. The summed E-state index contributed by atoms with van der Waals surface area (Å²) in [4.78, 5) is 0. The number of hydrogen-bond acceptors (Lipinski definition) is 1. The average molecular weight is 526 g/mol. The summed E-state index contributed by atoms with van der Waals surface area (Å²) in [6.07, 6.45) is 2.11. The zero-order chi connectivity index (χ0) is 15.2. The summed E-state index contributed by atoms with van der Waals surface area (Å²) in [5.41, 5.74) is 2.60. The maximum absolute atomic E-state index is 6.28. The van der Waals surface area contributed by atoms with Gasteiger partial charge in [0, 0.05) is 13.2 Å². The highest BCUT2D eigenvalue weighted by molar-refractivity contribution is 14.1. The molecule has 1 nitrogen and oxygen atoms in total. The van der Waals surface area contributed by atoms with Gasteiger partial charge in [0.05, 0.1) is 5.02 Å². The van der Waals surface area contributed by atoms with Crippen LogP contribution in [0.5, 0.6) is 0 Å². The summed E-state index contributed by atoms with van der Waals surface area (Å²) in [5, 5.41) is 4.46. The summed E-state index contributed by atoms with van der Waals surface area (Å²) < 4.78 is 2.37. The van der Waals surface area contributed by atoms with E-state index in [2.05, 4.69) is 99.9 Å². The second kappa shape index (κ2) is 8.70. The molecule has 1 N–H and O–H groups in total. The molecule has 0 amide bonds. The lowest BCUT2D eigenvalue weighted by atomic mass is 9.99. The number of nitrogens with one attached hydrogen (secondary N) is 1. The van der Waals surface area contributed by atoms with Crippen molar-refractivity contribution in [3.8, 4) is 0 Å². The fourth-order valence-corrected chi connectivity index (χ4v) is 3.10. The third-order valence-corrected chi connectivity index (χ3v) is 5.63. The van der Waals surface area contributed by atoms with Gasteiger partial charge in [0.25, 0.3) is 0 Å². The molecule has 0 aromatic heterocycles. The summed E-state index contributed by atoms with van der Waals surface area (Å²) in [6.45, 7) is 3.20. The predicted molar refractivity (Wildman–Crippen MR) is 108 cm³/mol. The number of rotatable bonds is 6. The van der Waals surface area contributed by atoms with Crippen molar-refractivity contribution in [2.45, 2.75) is 25.8 Å². The fourth-order valence-electron chi connectivity index (χ4n) is 2.21. The van der Waals surface area contributed by atoms with Crippen molar-refractivity contribution >= 4 is 56.8 Å². The maximum Gasteiger partial charge on any atom is 0.0542 e. The fraction of sp³-hybridized carbons (Fsp3) is 0.294. The molecule has 2 rings (SSSR count). The van der Waals surface area contributed by atoms with Crippen molar-refractivity contribution in [1.82, 2.24) is 5.32 Å². The van der Waals surface area contributed by atoms with E-state index in [0.717, 1.165) is 28.0 Å². The molecule has 2 aromatic carbocycles. The van der Waals surface area contributed by atoms with E-state index in [1.807, 2.05) is 0 Å². The summed E-state index contributed by atoms with van der Waals surface area (Å²) in [5.74, 6) is 0. The third kappa shape index (κ3) is 5.37. The first-order valence-electron chi connectivity index (χ1n) is 7.03. The summed E-state index contributed by atoms with van der Waals surface area (Å²) in [7, 11) is 0. The third-order valence-electron chi connectivity index (χ3n) is 3.34. The second-order valence-electron chi connectivity index (χ2n) is 5.01. The SMILES string of the molecule is CCCNC(Cc1ccc(I)cc1)c1ccc(I)c(Cl)c1. The van der Waals surface area contributed by atoms with Gasteiger partial charge >= 0.3 is 0 Å². The molecule has 0 spiro atoms. The molecule has 0 aliphatic heterocycles. The lowest BCUT2D eigenvalue weighted by Gasteiger charge is -2.20. The molecule has 21 heavy (non-hydrogen) atoms. The van der Waals surface area contributed by atoms with E-state index >= 15 is 0 Å². The molecule has 1 unspecified atom stereocenters. The molecular formula is C17H18ClI2N. The lowest BCUT2D eigenvalue weighted by Crippen LogP contribution is -2.24. The Morgan fingerprint density at radius 2 is 1.81 bits per heavy atom. The van der Waals surface area contributed by atoms with Gasteiger partial charge in [-0.05, 0) is 100.0 Å². The summed E-state index contributed by atoms with van der Waals surface area (Å²) in [6, 6.07) is 15.4. The first-order valence-corrected chi connectivity index (χ1v) is 9.56. The van der Waals surface area contributed by atoms with E-state index in [1.165, 1.54) is 14.7 Å². The first kappa shape index (κ1) is 17.5. The molecule has 4 heteroatoms. The van der Waals surface area contributed by atoms with Crippen LogP contribution in [0.3, 0.4) is 0 Å². The minimum absolute atomic E-state index is 0.305. The highest BCUT2D eigenvalue weighted by Gasteiger charge is 2.13. The van der Waals surface area contributed by atoms with Crippen molar-refractivity contribution in [3.05, 3.63) is 65.8 Å². The van der Waals surface area contributed by atoms with E-state index in [1.54, 1.807) is 0 Å². The van der Waals surface area contributed by atoms with Crippen LogP contribution in [0.25, 0.3) is 0 Å². The van der Waals surface area contributed by atoms with E-state index < -0.39 is 0 Å². The zero-order valence-corrected chi connectivity index (χ0v) is 16.9. The van der Waals surface area contributed by atoms with Gasteiger partial charge in [-0.15, -0.1) is 0 Å². The largest absolute Gasteiger partial charge is 0.310 e. The second-order valence-corrected chi connectivity index (χ2v) is 7.83. The Kier molecular flexibility index (Phi) is 7.25. The maximum atomic E-state index is 6.28. The Morgan fingerprint density at radius 3 is 2.43 bits per heavy atom. The first-order chi connectivity index (χ1) is 10.1. The minimum atomic E-state index is 0.305. The van der Waals surface area contributed by atoms with Crippen LogP contribution >= 0.6 is 56.8 Å². The molecule has 0 saturated heterocycles. The molecule has 0 fully saturated rings. The van der Waals surface area contributed by atoms with E-state index in [4.69, 9.17) is 11.6 Å². The average Bonchev–Trinajstić information content (AvgIpc) is 2.48. The van der Waals surface area contributed by atoms with Crippen LogP contribution in [0.1, 0.15) is 30.5 Å². The van der Waals surface area contributed by atoms with Crippen LogP contribution in [0.4, 0.5) is 0 Å². The van der Waals surface area contributed by atoms with Crippen molar-refractivity contribution in [3.63, 3.8) is 0 Å². The monoisotopic (exact) mass is 525 g/mol. The predicted octanol–water partition coefficient (Wildman–Crippen LogP) is 5.83. The van der Waals surface area contributed by atoms with E-state index in [9.17, 15) is 0 Å². The van der Waals surface area contributed by atoms with Crippen LogP contribution in [0.15, 0.2) is 42.5 Å². The Hall–Kier alpha value is 0.150. The van der Waals surface area contributed by atoms with E-state index in [-0.39, 0.29) is 0 Å². The van der Waals surface area contributed by atoms with Gasteiger partial charge in [-0.25, -0.2) is 0 Å². The van der Waals surface area contributed by atoms with Crippen LogP contribution < -0.4 is 5.32 Å². The van der Waals surface area contributed by atoms with Gasteiger partial charge in [0.15, 0.2) is 0 Å². The molecule has 112 valence electrons. The molecule has 2 aromatic rings. The Labute approximate surface area is 159 Å². The molecular weight excluding hydrogens is 507 g/mol. The van der Waals surface area contributed by atoms with Crippen LogP contribution in [-0.4, -0.2) is 6.54 Å². The standard InChI is InChI=1S/C17H18ClI2N/c1-2-9-21-17(10-12-3-6-14(19)7-4-12)13-5-8-16(20)15(18)11-13/h3-8,11,17,21H,2,9-10H2,1H3. The minimum Gasteiger partial charge on any atom is -0.310 e. The van der Waals surface area contributed by atoms with Crippen LogP contribution in [-0.2, 0) is 6.42 Å². The molecule has 0 aliphatic carbocycles. The Bertz CT molecular complexity index is 584. The smallest absolute Gasteiger partial charge is 0.0542 e. The van der Waals surface area contributed by atoms with Gasteiger partial charge in [-0.3, -0.25) is 0 Å². The molecule has 1 atom stereocenters. The van der Waals surface area contributed by atoms with Crippen molar-refractivity contribution in [1.29, 1.82) is 0 Å². The van der Waals surface area contributed by atoms with Crippen molar-refractivity contribution < 1.29 is 0 Å². The number of halogens is 3. The number of hydrogen-bond donors (Lipinski definition) is 1. The van der Waals surface area contributed by atoms with Gasteiger partial charge < -0.3 is 5.32 Å². The van der Waals surface area contributed by atoms with Crippen LogP contribution in [0.2, 0.25) is 5.02 Å². The van der Waals surface area contributed by atoms with Gasteiger partial charge in [0.1, 0.15) is 0 Å². The van der Waals surface area contributed by atoms with Crippen molar-refractivity contribution in [2.75, 3.05) is 6.54 Å². The molecule has 0 radical (unpaired) electrons. The highest BCUT2D eigenvalue weighted by Crippen LogP contribution is 2.25. The van der Waals surface area contributed by atoms with Gasteiger partial charge in [0.2, 0.25) is 0 Å². The Balaban J connectivity index is 2.20. The lowest BCUT2D eigenvalue weighted by molar-refractivity contribution is 0.529. The molecule has 0 saturated carbocycles. The molecule has 0 aliphatic rings. The Morgan fingerprint density at radius 1 is 1.10 bits per heavy atom. The summed E-state index contributed by atoms with van der Waals surface area (Å²) >= 11 is 10.9. The highest BCUT2D eigenvalue weighted by atomic mass is 127. The normalized spacial score (nSPS) is 12.4. The van der Waals surface area contributed by atoms with Crippen molar-refractivity contribution in [2.24, 2.45) is 0 Å². The van der Waals surface area contributed by atoms with Gasteiger partial charge in [-0.2, -0.15) is 0 Å². The van der Waals surface area contributed by atoms with Crippen LogP contribution in [0, 0.1) is 7.14 Å². The quantitative estimate of drug-likeness (QED) is 0.468. The van der Waals surface area contributed by atoms with E-state index in [0.29, 0.717) is 6.04 Å². The molecule has 0 bridgehead atoms. The van der Waals surface area contributed by atoms with Gasteiger partial charge in [-0.1, -0.05) is 36.7 Å². The molecule has 0 heterocycles. The topological polar surface area (TPSA) is 12.0 Å². The number of benzene rings is 2.